The Kier molecular flexibility index (Phi) is 1.66. The van der Waals surface area contributed by atoms with Gasteiger partial charge in [0.1, 0.15) is 5.58 Å². The van der Waals surface area contributed by atoms with Crippen molar-refractivity contribution in [2.45, 2.75) is 0 Å². The monoisotopic (exact) mass is 178 g/mol. The lowest BCUT2D eigenvalue weighted by Crippen LogP contribution is -1.88. The molecular weight excluding hydrogens is 172 g/mol. The number of furan rings is 1. The van der Waals surface area contributed by atoms with Crippen LogP contribution in [-0.4, -0.2) is 11.6 Å². The quantitative estimate of drug-likeness (QED) is 0.710. The van der Waals surface area contributed by atoms with Crippen LogP contribution in [0.15, 0.2) is 28.9 Å². The first-order valence-corrected chi connectivity index (χ1v) is 3.62. The maximum absolute atomic E-state index is 10.0. The number of ether oxygens (including phenoxy) is 1. The first-order chi connectivity index (χ1) is 6.33. The summed E-state index contributed by atoms with van der Waals surface area (Å²) in [6.45, 7) is 0.265. The van der Waals surface area contributed by atoms with E-state index >= 15 is 0 Å². The molecule has 2 aromatic rings. The van der Waals surface area contributed by atoms with Crippen molar-refractivity contribution in [1.82, 2.24) is 0 Å². The average Bonchev–Trinajstić information content (AvgIpc) is 2.58. The maximum Gasteiger partial charge on any atom is 0.298 e. The van der Waals surface area contributed by atoms with Crippen molar-refractivity contribution < 1.29 is 19.1 Å². The van der Waals surface area contributed by atoms with Crippen LogP contribution in [-0.2, 0) is 4.79 Å². The van der Waals surface area contributed by atoms with Gasteiger partial charge in [-0.2, -0.15) is 0 Å². The van der Waals surface area contributed by atoms with Crippen LogP contribution in [0.25, 0.3) is 11.0 Å². The van der Waals surface area contributed by atoms with E-state index < -0.39 is 0 Å². The number of aromatic hydroxyl groups is 1. The molecule has 0 spiro atoms. The van der Waals surface area contributed by atoms with E-state index in [2.05, 4.69) is 4.74 Å². The Hall–Kier alpha value is -1.97. The summed E-state index contributed by atoms with van der Waals surface area (Å²) in [7, 11) is 0. The van der Waals surface area contributed by atoms with Crippen molar-refractivity contribution in [3.8, 4) is 11.5 Å². The van der Waals surface area contributed by atoms with Crippen LogP contribution in [0.5, 0.6) is 11.5 Å². The van der Waals surface area contributed by atoms with Gasteiger partial charge in [-0.05, 0) is 18.2 Å². The Morgan fingerprint density at radius 2 is 2.23 bits per heavy atom. The molecule has 0 radical (unpaired) electrons. The normalized spacial score (nSPS) is 10.2. The second kappa shape index (κ2) is 2.82. The predicted octanol–water partition coefficient (Wildman–Crippen LogP) is 1.67. The second-order valence-corrected chi connectivity index (χ2v) is 2.46. The summed E-state index contributed by atoms with van der Waals surface area (Å²) in [5.74, 6) is 0.0438. The fraction of sp³-hybridized carbons (Fsp3) is 0. The van der Waals surface area contributed by atoms with Gasteiger partial charge in [-0.3, -0.25) is 4.79 Å². The molecule has 4 heteroatoms. The zero-order valence-corrected chi connectivity index (χ0v) is 6.56. The molecular formula is C9H6O4. The van der Waals surface area contributed by atoms with E-state index in [0.717, 1.165) is 0 Å². The Labute approximate surface area is 73.3 Å². The number of hydrogen-bond donors (Lipinski definition) is 1. The molecule has 0 saturated carbocycles. The van der Waals surface area contributed by atoms with E-state index in [1.165, 1.54) is 12.3 Å². The smallest absolute Gasteiger partial charge is 0.298 e. The van der Waals surface area contributed by atoms with E-state index in [-0.39, 0.29) is 18.0 Å². The summed E-state index contributed by atoms with van der Waals surface area (Å²) in [5.41, 5.74) is 0.552. The molecule has 0 unspecified atom stereocenters. The van der Waals surface area contributed by atoms with Gasteiger partial charge in [-0.25, -0.2) is 0 Å². The highest BCUT2D eigenvalue weighted by molar-refractivity contribution is 5.86. The molecule has 0 fully saturated rings. The van der Waals surface area contributed by atoms with Crippen LogP contribution in [0.3, 0.4) is 0 Å². The molecule has 0 aliphatic carbocycles. The lowest BCUT2D eigenvalue weighted by atomic mass is 10.2. The molecule has 1 N–H and O–H groups in total. The fourth-order valence-corrected chi connectivity index (χ4v) is 1.16. The molecule has 13 heavy (non-hydrogen) atoms. The van der Waals surface area contributed by atoms with Crippen LogP contribution in [0.1, 0.15) is 0 Å². The number of carbonyl (C=O) groups excluding carboxylic acids is 1. The van der Waals surface area contributed by atoms with Crippen molar-refractivity contribution in [2.75, 3.05) is 0 Å². The van der Waals surface area contributed by atoms with Gasteiger partial charge in [0, 0.05) is 0 Å². The van der Waals surface area contributed by atoms with Crippen molar-refractivity contribution in [2.24, 2.45) is 0 Å². The molecule has 66 valence electrons. The van der Waals surface area contributed by atoms with Gasteiger partial charge in [-0.15, -0.1) is 0 Å². The summed E-state index contributed by atoms with van der Waals surface area (Å²) in [6.07, 6.45) is 1.45. The molecule has 2 rings (SSSR count). The van der Waals surface area contributed by atoms with Crippen LogP contribution in [0.4, 0.5) is 0 Å². The number of benzene rings is 1. The molecule has 0 saturated heterocycles. The van der Waals surface area contributed by atoms with Gasteiger partial charge in [0.25, 0.3) is 6.47 Å². The third-order valence-electron chi connectivity index (χ3n) is 1.74. The summed E-state index contributed by atoms with van der Waals surface area (Å²) in [5, 5.41) is 10.1. The molecule has 4 nitrogen and oxygen atoms in total. The molecule has 0 aliphatic rings. The van der Waals surface area contributed by atoms with Gasteiger partial charge in [0.15, 0.2) is 11.5 Å². The van der Waals surface area contributed by atoms with Crippen LogP contribution in [0, 0.1) is 0 Å². The first kappa shape index (κ1) is 7.67. The third kappa shape index (κ3) is 1.12. The minimum Gasteiger partial charge on any atom is -0.504 e. The minimum atomic E-state index is -0.0849. The highest BCUT2D eigenvalue weighted by Gasteiger charge is 2.08. The fourth-order valence-electron chi connectivity index (χ4n) is 1.16. The highest BCUT2D eigenvalue weighted by Crippen LogP contribution is 2.34. The summed E-state index contributed by atoms with van der Waals surface area (Å²) < 4.78 is 9.57. The van der Waals surface area contributed by atoms with Gasteiger partial charge < -0.3 is 14.3 Å². The predicted molar refractivity (Wildman–Crippen MR) is 44.6 cm³/mol. The van der Waals surface area contributed by atoms with E-state index in [1.807, 2.05) is 0 Å². The average molecular weight is 178 g/mol. The van der Waals surface area contributed by atoms with E-state index in [9.17, 15) is 9.90 Å². The zero-order valence-electron chi connectivity index (χ0n) is 6.56. The van der Waals surface area contributed by atoms with E-state index in [1.54, 1.807) is 12.1 Å². The number of rotatable bonds is 2. The number of fused-ring (bicyclic) bond motifs is 1. The topological polar surface area (TPSA) is 59.7 Å². The Balaban J connectivity index is 2.65. The summed E-state index contributed by atoms with van der Waals surface area (Å²) >= 11 is 0. The van der Waals surface area contributed by atoms with Gasteiger partial charge in [0.05, 0.1) is 11.6 Å². The van der Waals surface area contributed by atoms with Crippen molar-refractivity contribution in [3.63, 3.8) is 0 Å². The van der Waals surface area contributed by atoms with Crippen LogP contribution >= 0.6 is 0 Å². The summed E-state index contributed by atoms with van der Waals surface area (Å²) in [4.78, 5) is 10.0. The molecule has 1 heterocycles. The van der Waals surface area contributed by atoms with Crippen molar-refractivity contribution in [3.05, 3.63) is 24.5 Å². The largest absolute Gasteiger partial charge is 0.504 e. The molecule has 0 bridgehead atoms. The van der Waals surface area contributed by atoms with E-state index in [0.29, 0.717) is 11.0 Å². The Morgan fingerprint density at radius 3 is 3.00 bits per heavy atom. The van der Waals surface area contributed by atoms with E-state index in [4.69, 9.17) is 4.42 Å². The molecule has 0 amide bonds. The number of carbonyl (C=O) groups is 1. The van der Waals surface area contributed by atoms with Crippen LogP contribution in [0.2, 0.25) is 0 Å². The molecule has 1 aromatic carbocycles. The Morgan fingerprint density at radius 1 is 1.38 bits per heavy atom. The molecule has 1 aromatic heterocycles. The summed E-state index contributed by atoms with van der Waals surface area (Å²) in [6, 6.07) is 4.69. The SMILES string of the molecule is O=COc1ccc2occc2c1O. The lowest BCUT2D eigenvalue weighted by molar-refractivity contribution is -0.120. The Bertz CT molecular complexity index is 444. The second-order valence-electron chi connectivity index (χ2n) is 2.46. The maximum atomic E-state index is 10.0. The highest BCUT2D eigenvalue weighted by atomic mass is 16.5. The van der Waals surface area contributed by atoms with Gasteiger partial charge >= 0.3 is 0 Å². The van der Waals surface area contributed by atoms with Crippen molar-refractivity contribution >= 4 is 17.4 Å². The van der Waals surface area contributed by atoms with Crippen molar-refractivity contribution in [1.29, 1.82) is 0 Å². The number of phenolic OH excluding ortho intramolecular Hbond substituents is 1. The standard InChI is InChI=1S/C9H6O4/c10-5-13-8-2-1-7-6(9(8)11)3-4-12-7/h1-5,11H. The molecule has 0 atom stereocenters. The minimum absolute atomic E-state index is 0.0849. The lowest BCUT2D eigenvalue weighted by Gasteiger charge is -2.00. The number of hydrogen-bond acceptors (Lipinski definition) is 4. The third-order valence-corrected chi connectivity index (χ3v) is 1.74. The zero-order chi connectivity index (χ0) is 9.26. The number of phenols is 1. The van der Waals surface area contributed by atoms with Gasteiger partial charge in [-0.1, -0.05) is 0 Å². The van der Waals surface area contributed by atoms with Gasteiger partial charge in [0.2, 0.25) is 0 Å². The molecule has 0 aliphatic heterocycles. The van der Waals surface area contributed by atoms with Crippen LogP contribution < -0.4 is 4.74 Å². The first-order valence-electron chi connectivity index (χ1n) is 3.62.